The topological polar surface area (TPSA) is 187 Å². The van der Waals surface area contributed by atoms with Gasteiger partial charge in [-0.25, -0.2) is 18.0 Å². The van der Waals surface area contributed by atoms with E-state index < -0.39 is 51.7 Å². The van der Waals surface area contributed by atoms with Crippen LogP contribution in [0.3, 0.4) is 0 Å². The number of ether oxygens (including phenoxy) is 2. The lowest BCUT2D eigenvalue weighted by atomic mass is 10.0. The normalized spacial score (nSPS) is 18.8. The number of halogens is 3. The lowest BCUT2D eigenvalue weighted by molar-refractivity contribution is -0.274. The van der Waals surface area contributed by atoms with Gasteiger partial charge >= 0.3 is 18.4 Å². The first kappa shape index (κ1) is 49.8. The number of nitrogens with one attached hydrogen (secondary N) is 3. The summed E-state index contributed by atoms with van der Waals surface area (Å²) in [6.07, 6.45) is -0.107. The molecule has 0 spiro atoms. The van der Waals surface area contributed by atoms with E-state index in [0.717, 1.165) is 43.9 Å². The number of hydrogen-bond donors (Lipinski definition) is 4. The second-order valence-electron chi connectivity index (χ2n) is 17.0. The lowest BCUT2D eigenvalue weighted by Gasteiger charge is -2.34. The number of piperidine rings is 2. The molecule has 64 heavy (non-hydrogen) atoms. The highest BCUT2D eigenvalue weighted by Gasteiger charge is 2.35. The SMILES string of the molecule is CC(C)(C)OC(=O)N1CCCC[C@@H]1C(=O)O.CCCS(=O)(=O)N1CCN(Cc2ccc(NC(=O)c3ccc(-c4cc(NC(=O)[C@H]5CCCCN5)ccc4OC(F)(F)F)cc3)cc2)CC1. The van der Waals surface area contributed by atoms with Gasteiger partial charge in [0.25, 0.3) is 5.91 Å². The molecule has 19 heteroatoms. The maximum absolute atomic E-state index is 13.2. The Balaban J connectivity index is 0.000000406. The molecule has 0 aromatic heterocycles. The third-order valence-electron chi connectivity index (χ3n) is 10.8. The number of hydrogen-bond acceptors (Lipinski definition) is 10. The first-order chi connectivity index (χ1) is 30.2. The van der Waals surface area contributed by atoms with Crippen LogP contribution in [0.15, 0.2) is 66.7 Å². The van der Waals surface area contributed by atoms with Crippen LogP contribution in [0, 0.1) is 0 Å². The van der Waals surface area contributed by atoms with E-state index in [9.17, 15) is 40.8 Å². The van der Waals surface area contributed by atoms with Crippen LogP contribution in [0.5, 0.6) is 5.75 Å². The third kappa shape index (κ3) is 14.9. The number of carboxylic acids is 1. The number of alkyl halides is 3. The molecule has 3 amide bonds. The Morgan fingerprint density at radius 1 is 0.828 bits per heavy atom. The maximum atomic E-state index is 13.2. The summed E-state index contributed by atoms with van der Waals surface area (Å²) < 4.78 is 75.3. The third-order valence-corrected chi connectivity index (χ3v) is 12.9. The first-order valence-electron chi connectivity index (χ1n) is 21.6. The van der Waals surface area contributed by atoms with E-state index in [-0.39, 0.29) is 23.3 Å². The number of aliphatic carboxylic acids is 1. The second-order valence-corrected chi connectivity index (χ2v) is 19.1. The predicted octanol–water partition coefficient (Wildman–Crippen LogP) is 7.30. The summed E-state index contributed by atoms with van der Waals surface area (Å²) in [5.41, 5.74) is 2.10. The van der Waals surface area contributed by atoms with E-state index in [2.05, 4.69) is 25.6 Å². The smallest absolute Gasteiger partial charge is 0.480 e. The molecule has 3 aromatic carbocycles. The van der Waals surface area contributed by atoms with E-state index in [1.54, 1.807) is 37.2 Å². The Hall–Kier alpha value is -5.24. The van der Waals surface area contributed by atoms with Gasteiger partial charge in [0.1, 0.15) is 17.4 Å². The van der Waals surface area contributed by atoms with Gasteiger partial charge in [0.15, 0.2) is 0 Å². The number of rotatable bonds is 12. The van der Waals surface area contributed by atoms with Gasteiger partial charge in [0, 0.05) is 61.8 Å². The minimum atomic E-state index is -4.92. The molecule has 0 saturated carbocycles. The van der Waals surface area contributed by atoms with Gasteiger partial charge in [0.2, 0.25) is 15.9 Å². The molecule has 15 nitrogen and oxygen atoms in total. The molecule has 3 heterocycles. The molecule has 0 aliphatic carbocycles. The molecule has 3 fully saturated rings. The standard InChI is InChI=1S/C34H40F3N5O5S.C11H19NO4/c1-2-21-48(45,46)42-19-17-41(18-20-42)23-24-6-12-27(13-7-24)39-32(43)26-10-8-25(9-11-26)29-22-28(14-15-31(29)47-34(35,36)37)40-33(44)30-5-3-4-16-38-30;1-11(2,3)16-10(15)12-7-5-4-6-8(12)9(13)14/h6-15,22,30,38H,2-5,16-21,23H2,1H3,(H,39,43)(H,40,44);8H,4-7H2,1-3H3,(H,13,14)/t30-;8-/m11/s1. The summed E-state index contributed by atoms with van der Waals surface area (Å²) in [5.74, 6) is -1.88. The lowest BCUT2D eigenvalue weighted by Crippen LogP contribution is -2.49. The average molecular weight is 917 g/mol. The molecule has 3 aromatic rings. The van der Waals surface area contributed by atoms with Crippen molar-refractivity contribution >= 4 is 45.3 Å². The molecule has 350 valence electrons. The maximum Gasteiger partial charge on any atom is 0.573 e. The summed E-state index contributed by atoms with van der Waals surface area (Å²) in [6, 6.07) is 16.3. The van der Waals surface area contributed by atoms with Gasteiger partial charge in [-0.3, -0.25) is 19.4 Å². The fourth-order valence-corrected chi connectivity index (χ4v) is 9.08. The van der Waals surface area contributed by atoms with Crippen molar-refractivity contribution in [1.29, 1.82) is 0 Å². The Morgan fingerprint density at radius 2 is 1.48 bits per heavy atom. The number of anilines is 2. The number of piperazine rings is 1. The number of carbonyl (C=O) groups excluding carboxylic acids is 3. The molecule has 4 N–H and O–H groups in total. The van der Waals surface area contributed by atoms with Crippen molar-refractivity contribution in [2.24, 2.45) is 0 Å². The highest BCUT2D eigenvalue weighted by molar-refractivity contribution is 7.89. The van der Waals surface area contributed by atoms with E-state index in [4.69, 9.17) is 9.84 Å². The van der Waals surface area contributed by atoms with E-state index in [0.29, 0.717) is 81.0 Å². The van der Waals surface area contributed by atoms with Crippen molar-refractivity contribution in [3.05, 3.63) is 77.9 Å². The fourth-order valence-electron chi connectivity index (χ4n) is 7.59. The van der Waals surface area contributed by atoms with Crippen LogP contribution in [-0.2, 0) is 30.9 Å². The number of carbonyl (C=O) groups is 4. The van der Waals surface area contributed by atoms with Gasteiger partial charge in [-0.1, -0.05) is 37.6 Å². The average Bonchev–Trinajstić information content (AvgIpc) is 3.24. The van der Waals surface area contributed by atoms with Gasteiger partial charge in [-0.2, -0.15) is 4.31 Å². The molecule has 3 aliphatic heterocycles. The summed E-state index contributed by atoms with van der Waals surface area (Å²) in [5, 5.41) is 17.8. The van der Waals surface area contributed by atoms with Gasteiger partial charge < -0.3 is 30.5 Å². The first-order valence-corrected chi connectivity index (χ1v) is 23.2. The summed E-state index contributed by atoms with van der Waals surface area (Å²) in [4.78, 5) is 52.0. The summed E-state index contributed by atoms with van der Waals surface area (Å²) >= 11 is 0. The van der Waals surface area contributed by atoms with Crippen LogP contribution >= 0.6 is 0 Å². The highest BCUT2D eigenvalue weighted by Crippen LogP contribution is 2.36. The van der Waals surface area contributed by atoms with Crippen molar-refractivity contribution in [3.63, 3.8) is 0 Å². The Kier molecular flexibility index (Phi) is 17.2. The van der Waals surface area contributed by atoms with E-state index >= 15 is 0 Å². The number of carboxylic acid groups (broad SMARTS) is 1. The van der Waals surface area contributed by atoms with Crippen LogP contribution in [0.2, 0.25) is 0 Å². The van der Waals surface area contributed by atoms with E-state index in [1.807, 2.05) is 19.1 Å². The minimum Gasteiger partial charge on any atom is -0.480 e. The minimum absolute atomic E-state index is 0.105. The summed E-state index contributed by atoms with van der Waals surface area (Å²) in [7, 11) is -3.20. The predicted molar refractivity (Wildman–Crippen MR) is 236 cm³/mol. The summed E-state index contributed by atoms with van der Waals surface area (Å²) in [6.45, 7) is 11.2. The zero-order chi connectivity index (χ0) is 46.7. The molecule has 0 radical (unpaired) electrons. The van der Waals surface area contributed by atoms with Gasteiger partial charge in [0.05, 0.1) is 11.8 Å². The number of likely N-dealkylation sites (tertiary alicyclic amines) is 1. The van der Waals surface area contributed by atoms with Crippen LogP contribution in [-0.4, -0.2) is 121 Å². The quantitative estimate of drug-likeness (QED) is 0.143. The fraction of sp³-hybridized carbons (Fsp3) is 0.511. The Bertz CT molecular complexity index is 2170. The molecule has 6 rings (SSSR count). The van der Waals surface area contributed by atoms with Crippen LogP contribution in [0.4, 0.5) is 29.3 Å². The van der Waals surface area contributed by atoms with Crippen molar-refractivity contribution in [2.75, 3.05) is 55.7 Å². The number of benzene rings is 3. The van der Waals surface area contributed by atoms with Crippen LogP contribution < -0.4 is 20.7 Å². The van der Waals surface area contributed by atoms with Crippen molar-refractivity contribution in [2.45, 2.75) is 103 Å². The number of amides is 3. The Morgan fingerprint density at radius 3 is 2.08 bits per heavy atom. The monoisotopic (exact) mass is 916 g/mol. The molecular formula is C45H59F3N6O9S. The Labute approximate surface area is 372 Å². The van der Waals surface area contributed by atoms with Crippen molar-refractivity contribution in [3.8, 4) is 16.9 Å². The van der Waals surface area contributed by atoms with Gasteiger partial charge in [-0.15, -0.1) is 13.2 Å². The molecule has 0 bridgehead atoms. The highest BCUT2D eigenvalue weighted by atomic mass is 32.2. The van der Waals surface area contributed by atoms with Crippen molar-refractivity contribution in [1.82, 2.24) is 19.4 Å². The van der Waals surface area contributed by atoms with E-state index in [1.165, 1.54) is 41.3 Å². The molecule has 3 aliphatic rings. The molecule has 2 atom stereocenters. The largest absolute Gasteiger partial charge is 0.573 e. The molecular weight excluding hydrogens is 858 g/mol. The second kappa shape index (κ2) is 22.1. The zero-order valence-corrected chi connectivity index (χ0v) is 37.5. The number of sulfonamides is 1. The molecule has 3 saturated heterocycles. The van der Waals surface area contributed by atoms with Crippen molar-refractivity contribution < 1.29 is 55.3 Å². The molecule has 0 unspecified atom stereocenters. The van der Waals surface area contributed by atoms with Gasteiger partial charge in [-0.05, 0) is 119 Å². The zero-order valence-electron chi connectivity index (χ0n) is 36.7. The van der Waals surface area contributed by atoms with Crippen LogP contribution in [0.1, 0.15) is 88.6 Å². The number of nitrogens with zero attached hydrogens (tertiary/aromatic N) is 3. The van der Waals surface area contributed by atoms with Crippen LogP contribution in [0.25, 0.3) is 11.1 Å².